The van der Waals surface area contributed by atoms with Crippen molar-refractivity contribution < 1.29 is 5.11 Å². The number of benzene rings is 1. The van der Waals surface area contributed by atoms with Crippen LogP contribution in [0.4, 0.5) is 5.82 Å². The average molecular weight is 271 g/mol. The van der Waals surface area contributed by atoms with Crippen LogP contribution in [0.3, 0.4) is 0 Å². The van der Waals surface area contributed by atoms with Crippen LogP contribution in [0.15, 0.2) is 36.0 Å². The van der Waals surface area contributed by atoms with Crippen molar-refractivity contribution in [2.24, 2.45) is 0 Å². The molecule has 0 spiro atoms. The summed E-state index contributed by atoms with van der Waals surface area (Å²) in [7, 11) is 0. The van der Waals surface area contributed by atoms with E-state index in [0.29, 0.717) is 6.54 Å². The monoisotopic (exact) mass is 271 g/mol. The first-order valence-electron chi connectivity index (χ1n) is 5.94. The zero-order valence-electron chi connectivity index (χ0n) is 10.4. The number of fused-ring (bicyclic) bond motifs is 1. The molecule has 3 rings (SSSR count). The Morgan fingerprint density at radius 2 is 2.16 bits per heavy atom. The molecule has 4 nitrogen and oxygen atoms in total. The fourth-order valence-corrected chi connectivity index (χ4v) is 2.67. The summed E-state index contributed by atoms with van der Waals surface area (Å²) in [6.45, 7) is 2.69. The van der Waals surface area contributed by atoms with Gasteiger partial charge in [0, 0.05) is 16.5 Å². The van der Waals surface area contributed by atoms with Gasteiger partial charge in [0.1, 0.15) is 11.6 Å². The molecule has 0 unspecified atom stereocenters. The highest BCUT2D eigenvalue weighted by Crippen LogP contribution is 2.25. The predicted octanol–water partition coefficient (Wildman–Crippen LogP) is 3.32. The molecule has 2 heterocycles. The van der Waals surface area contributed by atoms with Crippen molar-refractivity contribution in [2.45, 2.75) is 13.5 Å². The fraction of sp³-hybridized carbons (Fsp3) is 0.143. The van der Waals surface area contributed by atoms with Gasteiger partial charge in [0.05, 0.1) is 17.7 Å². The second kappa shape index (κ2) is 4.85. The van der Waals surface area contributed by atoms with Gasteiger partial charge in [0.25, 0.3) is 0 Å². The van der Waals surface area contributed by atoms with E-state index in [1.165, 1.54) is 4.88 Å². The molecule has 5 heteroatoms. The minimum atomic E-state index is 0.248. The lowest BCUT2D eigenvalue weighted by Gasteiger charge is -2.08. The van der Waals surface area contributed by atoms with Crippen LogP contribution in [-0.4, -0.2) is 15.1 Å². The number of anilines is 1. The fourth-order valence-electron chi connectivity index (χ4n) is 1.96. The van der Waals surface area contributed by atoms with Crippen LogP contribution in [0.25, 0.3) is 10.8 Å². The van der Waals surface area contributed by atoms with Crippen molar-refractivity contribution in [2.75, 3.05) is 5.32 Å². The lowest BCUT2D eigenvalue weighted by atomic mass is 10.1. The average Bonchev–Trinajstić information content (AvgIpc) is 2.82. The molecule has 19 heavy (non-hydrogen) atoms. The lowest BCUT2D eigenvalue weighted by Crippen LogP contribution is -2.01. The molecule has 1 aromatic carbocycles. The Morgan fingerprint density at radius 3 is 2.95 bits per heavy atom. The largest absolute Gasteiger partial charge is 0.508 e. The van der Waals surface area contributed by atoms with Gasteiger partial charge in [-0.15, -0.1) is 11.3 Å². The van der Waals surface area contributed by atoms with Crippen LogP contribution in [0.2, 0.25) is 0 Å². The molecule has 0 saturated heterocycles. The van der Waals surface area contributed by atoms with Gasteiger partial charge in [0.2, 0.25) is 0 Å². The third-order valence-corrected chi connectivity index (χ3v) is 3.95. The first-order chi connectivity index (χ1) is 9.24. The summed E-state index contributed by atoms with van der Waals surface area (Å²) in [4.78, 5) is 9.76. The topological polar surface area (TPSA) is 58.0 Å². The second-order valence-corrected chi connectivity index (χ2v) is 5.22. The summed E-state index contributed by atoms with van der Waals surface area (Å²) in [6.07, 6.45) is 1.77. The maximum atomic E-state index is 9.59. The third kappa shape index (κ3) is 2.37. The van der Waals surface area contributed by atoms with E-state index >= 15 is 0 Å². The Balaban J connectivity index is 1.92. The number of nitrogens with zero attached hydrogens (tertiary/aromatic N) is 2. The van der Waals surface area contributed by atoms with Crippen LogP contribution in [0.5, 0.6) is 5.75 Å². The molecule has 0 amide bonds. The number of phenolic OH excluding ortho intramolecular Hbond substituents is 1. The Labute approximate surface area is 114 Å². The van der Waals surface area contributed by atoms with Crippen LogP contribution >= 0.6 is 11.3 Å². The number of rotatable bonds is 3. The highest BCUT2D eigenvalue weighted by Gasteiger charge is 2.05. The summed E-state index contributed by atoms with van der Waals surface area (Å²) in [5.41, 5.74) is 2.88. The molecule has 0 saturated carbocycles. The molecular formula is C14H13N3OS. The molecule has 0 fully saturated rings. The molecule has 0 aliphatic rings. The Hall–Kier alpha value is -2.14. The molecular weight excluding hydrogens is 258 g/mol. The van der Waals surface area contributed by atoms with Crippen molar-refractivity contribution in [3.63, 3.8) is 0 Å². The van der Waals surface area contributed by atoms with Crippen LogP contribution in [0.1, 0.15) is 10.6 Å². The van der Waals surface area contributed by atoms with E-state index in [2.05, 4.69) is 15.3 Å². The molecule has 96 valence electrons. The van der Waals surface area contributed by atoms with Gasteiger partial charge in [0.15, 0.2) is 0 Å². The molecule has 0 aliphatic heterocycles. The van der Waals surface area contributed by atoms with E-state index in [-0.39, 0.29) is 5.75 Å². The van der Waals surface area contributed by atoms with E-state index < -0.39 is 0 Å². The van der Waals surface area contributed by atoms with E-state index in [9.17, 15) is 5.11 Å². The third-order valence-electron chi connectivity index (χ3n) is 3.01. The minimum absolute atomic E-state index is 0.248. The van der Waals surface area contributed by atoms with Crippen LogP contribution in [0, 0.1) is 6.92 Å². The number of hydrogen-bond donors (Lipinski definition) is 2. The highest BCUT2D eigenvalue weighted by atomic mass is 32.1. The first-order valence-corrected chi connectivity index (χ1v) is 6.82. The van der Waals surface area contributed by atoms with Gasteiger partial charge in [-0.3, -0.25) is 0 Å². The molecule has 0 bridgehead atoms. The maximum absolute atomic E-state index is 9.59. The molecule has 2 aromatic heterocycles. The van der Waals surface area contributed by atoms with Crippen molar-refractivity contribution >= 4 is 27.9 Å². The van der Waals surface area contributed by atoms with Crippen molar-refractivity contribution in [1.82, 2.24) is 9.97 Å². The number of pyridine rings is 1. The summed E-state index contributed by atoms with van der Waals surface area (Å²) < 4.78 is 0. The second-order valence-electron chi connectivity index (χ2n) is 4.28. The Morgan fingerprint density at radius 1 is 1.26 bits per heavy atom. The number of aromatic hydroxyl groups is 1. The summed E-state index contributed by atoms with van der Waals surface area (Å²) in [5, 5.41) is 14.9. The zero-order valence-corrected chi connectivity index (χ0v) is 11.2. The smallest absolute Gasteiger partial charge is 0.134 e. The highest BCUT2D eigenvalue weighted by molar-refractivity contribution is 7.09. The maximum Gasteiger partial charge on any atom is 0.134 e. The van der Waals surface area contributed by atoms with E-state index in [1.807, 2.05) is 24.6 Å². The number of phenols is 1. The van der Waals surface area contributed by atoms with E-state index in [0.717, 1.165) is 22.3 Å². The molecule has 0 atom stereocenters. The van der Waals surface area contributed by atoms with E-state index in [1.54, 1.807) is 29.7 Å². The van der Waals surface area contributed by atoms with Gasteiger partial charge in [-0.2, -0.15) is 0 Å². The Kier molecular flexibility index (Phi) is 3.05. The van der Waals surface area contributed by atoms with Gasteiger partial charge < -0.3 is 10.4 Å². The first kappa shape index (κ1) is 11.9. The normalized spacial score (nSPS) is 10.8. The predicted molar refractivity (Wildman–Crippen MR) is 77.6 cm³/mol. The van der Waals surface area contributed by atoms with Gasteiger partial charge >= 0.3 is 0 Å². The number of aryl methyl sites for hydroxylation is 1. The van der Waals surface area contributed by atoms with Gasteiger partial charge in [-0.25, -0.2) is 9.97 Å². The summed E-state index contributed by atoms with van der Waals surface area (Å²) >= 11 is 1.63. The van der Waals surface area contributed by atoms with Crippen molar-refractivity contribution in [3.8, 4) is 5.75 Å². The number of thiazole rings is 1. The summed E-state index contributed by atoms with van der Waals surface area (Å²) in [5.74, 6) is 1.03. The summed E-state index contributed by atoms with van der Waals surface area (Å²) in [6, 6.07) is 7.22. The minimum Gasteiger partial charge on any atom is -0.508 e. The van der Waals surface area contributed by atoms with Crippen LogP contribution in [-0.2, 0) is 6.54 Å². The van der Waals surface area contributed by atoms with Gasteiger partial charge in [-0.05, 0) is 30.5 Å². The van der Waals surface area contributed by atoms with E-state index in [4.69, 9.17) is 0 Å². The van der Waals surface area contributed by atoms with Crippen molar-refractivity contribution in [1.29, 1.82) is 0 Å². The van der Waals surface area contributed by atoms with Gasteiger partial charge in [-0.1, -0.05) is 6.07 Å². The molecule has 3 aromatic rings. The molecule has 0 radical (unpaired) electrons. The van der Waals surface area contributed by atoms with Crippen LogP contribution < -0.4 is 5.32 Å². The standard InChI is InChI=1S/C14H13N3OS/c1-9-13(19-8-17-9)7-16-14-12-6-11(18)3-2-10(12)4-5-15-14/h2-6,8,18H,7H2,1H3,(H,15,16). The molecule has 2 N–H and O–H groups in total. The SMILES string of the molecule is Cc1ncsc1CNc1nccc2ccc(O)cc12. The number of hydrogen-bond acceptors (Lipinski definition) is 5. The lowest BCUT2D eigenvalue weighted by molar-refractivity contribution is 0.476. The van der Waals surface area contributed by atoms with Crippen molar-refractivity contribution in [3.05, 3.63) is 46.5 Å². The number of aromatic nitrogens is 2. The quantitative estimate of drug-likeness (QED) is 0.767. The molecule has 0 aliphatic carbocycles. The number of nitrogens with one attached hydrogen (secondary N) is 1. The zero-order chi connectivity index (χ0) is 13.2. The Bertz CT molecular complexity index is 724.